The number of nitrogens with zero attached hydrogens (tertiary/aromatic N) is 3. The number of hydrogen-bond donors (Lipinski definition) is 1. The number of anilines is 1. The molecular formula is C11H20N4O4S2. The summed E-state index contributed by atoms with van der Waals surface area (Å²) in [5.74, 6) is 0. The van der Waals surface area contributed by atoms with Gasteiger partial charge in [0.1, 0.15) is 4.21 Å². The Morgan fingerprint density at radius 2 is 1.95 bits per heavy atom. The van der Waals surface area contributed by atoms with Crippen LogP contribution < -0.4 is 5.32 Å². The minimum Gasteiger partial charge on any atom is -0.372 e. The lowest BCUT2D eigenvalue weighted by molar-refractivity contribution is -0.383. The second kappa shape index (κ2) is 7.16. The van der Waals surface area contributed by atoms with Crippen LogP contribution in [0.4, 0.5) is 10.7 Å². The maximum atomic E-state index is 12.4. The van der Waals surface area contributed by atoms with Gasteiger partial charge in [0, 0.05) is 32.7 Å². The standard InChI is InChI=1S/C11H20N4O4S2/c1-5-12-11-9(15(16)17)8-10(20-11)21(18,19)14(4)7-6-13(2)3/h8,12H,5-7H2,1-4H3. The molecule has 0 fully saturated rings. The van der Waals surface area contributed by atoms with Crippen molar-refractivity contribution in [2.24, 2.45) is 0 Å². The van der Waals surface area contributed by atoms with Crippen LogP contribution in [-0.2, 0) is 10.0 Å². The van der Waals surface area contributed by atoms with Gasteiger partial charge in [0.25, 0.3) is 10.0 Å². The molecule has 0 aromatic carbocycles. The fourth-order valence-corrected chi connectivity index (χ4v) is 4.29. The van der Waals surface area contributed by atoms with E-state index in [1.54, 1.807) is 6.92 Å². The van der Waals surface area contributed by atoms with Gasteiger partial charge in [-0.1, -0.05) is 11.3 Å². The molecule has 21 heavy (non-hydrogen) atoms. The Labute approximate surface area is 128 Å². The van der Waals surface area contributed by atoms with Crippen LogP contribution in [0.1, 0.15) is 6.92 Å². The minimum absolute atomic E-state index is 0.0218. The Kier molecular flexibility index (Phi) is 6.08. The molecule has 0 bridgehead atoms. The average Bonchev–Trinajstić information content (AvgIpc) is 2.81. The first-order chi connectivity index (χ1) is 9.70. The third kappa shape index (κ3) is 4.37. The first-order valence-corrected chi connectivity index (χ1v) is 8.59. The van der Waals surface area contributed by atoms with Crippen molar-refractivity contribution >= 4 is 32.0 Å². The van der Waals surface area contributed by atoms with E-state index in [1.807, 2.05) is 19.0 Å². The SMILES string of the molecule is CCNc1sc(S(=O)(=O)N(C)CCN(C)C)cc1[N+](=O)[O-]. The van der Waals surface area contributed by atoms with Crippen LogP contribution in [0.3, 0.4) is 0 Å². The van der Waals surface area contributed by atoms with Crippen LogP contribution in [0.25, 0.3) is 0 Å². The van der Waals surface area contributed by atoms with E-state index in [4.69, 9.17) is 0 Å². The van der Waals surface area contributed by atoms with E-state index in [0.717, 1.165) is 17.4 Å². The Morgan fingerprint density at radius 3 is 2.43 bits per heavy atom. The predicted molar refractivity (Wildman–Crippen MR) is 83.5 cm³/mol. The molecular weight excluding hydrogens is 316 g/mol. The summed E-state index contributed by atoms with van der Waals surface area (Å²) in [4.78, 5) is 12.3. The molecule has 0 atom stereocenters. The van der Waals surface area contributed by atoms with Gasteiger partial charge >= 0.3 is 5.69 Å². The van der Waals surface area contributed by atoms with Gasteiger partial charge in [-0.25, -0.2) is 8.42 Å². The van der Waals surface area contributed by atoms with Gasteiger partial charge < -0.3 is 10.2 Å². The van der Waals surface area contributed by atoms with Crippen LogP contribution >= 0.6 is 11.3 Å². The zero-order valence-corrected chi connectivity index (χ0v) is 14.1. The molecule has 0 amide bonds. The number of hydrogen-bond acceptors (Lipinski definition) is 7. The zero-order valence-electron chi connectivity index (χ0n) is 12.5. The molecule has 10 heteroatoms. The molecule has 1 aromatic rings. The van der Waals surface area contributed by atoms with Crippen molar-refractivity contribution in [3.8, 4) is 0 Å². The topological polar surface area (TPSA) is 95.8 Å². The van der Waals surface area contributed by atoms with E-state index >= 15 is 0 Å². The lowest BCUT2D eigenvalue weighted by Gasteiger charge is -2.18. The fraction of sp³-hybridized carbons (Fsp3) is 0.636. The normalized spacial score (nSPS) is 12.1. The van der Waals surface area contributed by atoms with Gasteiger partial charge in [0.05, 0.1) is 4.92 Å². The van der Waals surface area contributed by atoms with E-state index < -0.39 is 14.9 Å². The first kappa shape index (κ1) is 17.8. The summed E-state index contributed by atoms with van der Waals surface area (Å²) in [6, 6.07) is 1.12. The summed E-state index contributed by atoms with van der Waals surface area (Å²) < 4.78 is 26.0. The van der Waals surface area contributed by atoms with Gasteiger partial charge in [-0.2, -0.15) is 4.31 Å². The first-order valence-electron chi connectivity index (χ1n) is 6.33. The van der Waals surface area contributed by atoms with Crippen molar-refractivity contribution in [3.05, 3.63) is 16.2 Å². The molecule has 0 aliphatic heterocycles. The van der Waals surface area contributed by atoms with Crippen molar-refractivity contribution in [1.82, 2.24) is 9.21 Å². The minimum atomic E-state index is -3.71. The molecule has 8 nitrogen and oxygen atoms in total. The predicted octanol–water partition coefficient (Wildman–Crippen LogP) is 1.27. The largest absolute Gasteiger partial charge is 0.372 e. The van der Waals surface area contributed by atoms with Crippen molar-refractivity contribution < 1.29 is 13.3 Å². The fourth-order valence-electron chi connectivity index (χ4n) is 1.52. The molecule has 0 aliphatic carbocycles. The highest BCUT2D eigenvalue weighted by molar-refractivity contribution is 7.91. The smallest absolute Gasteiger partial charge is 0.304 e. The quantitative estimate of drug-likeness (QED) is 0.567. The Bertz CT molecular complexity index is 597. The highest BCUT2D eigenvalue weighted by atomic mass is 32.2. The number of likely N-dealkylation sites (N-methyl/N-ethyl adjacent to an activating group) is 2. The molecule has 1 aromatic heterocycles. The van der Waals surface area contributed by atoms with Crippen LogP contribution in [-0.4, -0.2) is 63.3 Å². The summed E-state index contributed by atoms with van der Waals surface area (Å²) in [6.45, 7) is 3.17. The Balaban J connectivity index is 3.08. The molecule has 1 heterocycles. The van der Waals surface area contributed by atoms with Gasteiger partial charge in [-0.3, -0.25) is 10.1 Å². The van der Waals surface area contributed by atoms with Gasteiger partial charge in [-0.15, -0.1) is 0 Å². The average molecular weight is 336 g/mol. The number of thiophene rings is 1. The lowest BCUT2D eigenvalue weighted by atomic mass is 10.5. The molecule has 0 saturated carbocycles. The van der Waals surface area contributed by atoms with Crippen LogP contribution in [0.15, 0.2) is 10.3 Å². The molecule has 0 aliphatic rings. The van der Waals surface area contributed by atoms with E-state index in [9.17, 15) is 18.5 Å². The summed E-state index contributed by atoms with van der Waals surface area (Å²) in [5.41, 5.74) is -0.207. The number of sulfonamides is 1. The van der Waals surface area contributed by atoms with E-state index in [-0.39, 0.29) is 14.9 Å². The van der Waals surface area contributed by atoms with Crippen LogP contribution in [0, 0.1) is 10.1 Å². The van der Waals surface area contributed by atoms with Gasteiger partial charge in [-0.05, 0) is 21.0 Å². The summed E-state index contributed by atoms with van der Waals surface area (Å²) in [7, 11) is 1.46. The summed E-state index contributed by atoms with van der Waals surface area (Å²) >= 11 is 0.886. The molecule has 1 rings (SSSR count). The monoisotopic (exact) mass is 336 g/mol. The zero-order chi connectivity index (χ0) is 16.2. The molecule has 120 valence electrons. The lowest BCUT2D eigenvalue weighted by Crippen LogP contribution is -2.33. The van der Waals surface area contributed by atoms with Crippen LogP contribution in [0.5, 0.6) is 0 Å². The Hall–Kier alpha value is -1.23. The van der Waals surface area contributed by atoms with Crippen molar-refractivity contribution in [2.75, 3.05) is 46.1 Å². The third-order valence-electron chi connectivity index (χ3n) is 2.75. The van der Waals surface area contributed by atoms with E-state index in [2.05, 4.69) is 5.32 Å². The maximum absolute atomic E-state index is 12.4. The summed E-state index contributed by atoms with van der Waals surface area (Å²) in [6.07, 6.45) is 0. The van der Waals surface area contributed by atoms with Crippen molar-refractivity contribution in [3.63, 3.8) is 0 Å². The van der Waals surface area contributed by atoms with Crippen molar-refractivity contribution in [1.29, 1.82) is 0 Å². The highest BCUT2D eigenvalue weighted by Crippen LogP contribution is 2.37. The molecule has 0 unspecified atom stereocenters. The van der Waals surface area contributed by atoms with Crippen molar-refractivity contribution in [2.45, 2.75) is 11.1 Å². The number of nitrogens with one attached hydrogen (secondary N) is 1. The van der Waals surface area contributed by atoms with Gasteiger partial charge in [0.2, 0.25) is 0 Å². The molecule has 0 spiro atoms. The molecule has 1 N–H and O–H groups in total. The molecule has 0 radical (unpaired) electrons. The van der Waals surface area contributed by atoms with E-state index in [1.165, 1.54) is 11.4 Å². The highest BCUT2D eigenvalue weighted by Gasteiger charge is 2.28. The number of nitro groups is 1. The van der Waals surface area contributed by atoms with E-state index in [0.29, 0.717) is 19.6 Å². The third-order valence-corrected chi connectivity index (χ3v) is 6.14. The summed E-state index contributed by atoms with van der Waals surface area (Å²) in [5, 5.41) is 14.1. The maximum Gasteiger partial charge on any atom is 0.304 e. The second-order valence-corrected chi connectivity index (χ2v) is 8.02. The van der Waals surface area contributed by atoms with Crippen LogP contribution in [0.2, 0.25) is 0 Å². The Morgan fingerprint density at radius 1 is 1.33 bits per heavy atom. The second-order valence-electron chi connectivity index (χ2n) is 4.70. The number of rotatable bonds is 8. The van der Waals surface area contributed by atoms with Gasteiger partial charge in [0.15, 0.2) is 5.00 Å². The molecule has 0 saturated heterocycles.